The number of ketones is 1. The highest BCUT2D eigenvalue weighted by Gasteiger charge is 2.19. The first kappa shape index (κ1) is 15.9. The Morgan fingerprint density at radius 1 is 1.00 bits per heavy atom. The van der Waals surface area contributed by atoms with E-state index in [0.717, 1.165) is 44.1 Å². The molecule has 0 bridgehead atoms. The Balaban J connectivity index is 5.07. The van der Waals surface area contributed by atoms with E-state index in [-0.39, 0.29) is 11.4 Å². The van der Waals surface area contributed by atoms with Crippen LogP contribution in [0.1, 0.15) is 59.3 Å². The molecule has 3 nitrogen and oxygen atoms in total. The summed E-state index contributed by atoms with van der Waals surface area (Å²) in [6.45, 7) is 5.64. The van der Waals surface area contributed by atoms with Crippen molar-refractivity contribution in [3.8, 4) is 0 Å². The van der Waals surface area contributed by atoms with Gasteiger partial charge in [-0.25, -0.2) is 4.79 Å². The van der Waals surface area contributed by atoms with Gasteiger partial charge in [0.1, 0.15) is 5.57 Å². The summed E-state index contributed by atoms with van der Waals surface area (Å²) in [4.78, 5) is 23.2. The summed E-state index contributed by atoms with van der Waals surface area (Å²) in [5.74, 6) is -0.668. The van der Waals surface area contributed by atoms with E-state index in [9.17, 15) is 9.59 Å². The van der Waals surface area contributed by atoms with E-state index in [1.165, 1.54) is 14.0 Å². The fourth-order valence-corrected chi connectivity index (χ4v) is 1.79. The SMILES string of the molecule is CCCCC(CCCC)=C(C(C)=O)C(=O)OC. The van der Waals surface area contributed by atoms with Crippen molar-refractivity contribution in [3.63, 3.8) is 0 Å². The molecule has 0 rings (SSSR count). The van der Waals surface area contributed by atoms with E-state index in [4.69, 9.17) is 4.74 Å². The maximum Gasteiger partial charge on any atom is 0.341 e. The van der Waals surface area contributed by atoms with E-state index in [0.29, 0.717) is 0 Å². The highest BCUT2D eigenvalue weighted by Crippen LogP contribution is 2.21. The molecule has 3 heteroatoms. The molecule has 0 spiro atoms. The van der Waals surface area contributed by atoms with Gasteiger partial charge < -0.3 is 4.74 Å². The van der Waals surface area contributed by atoms with E-state index < -0.39 is 5.97 Å². The number of hydrogen-bond acceptors (Lipinski definition) is 3. The molecular weight excluding hydrogens is 216 g/mol. The molecule has 0 unspecified atom stereocenters. The second-order valence-electron chi connectivity index (χ2n) is 4.23. The van der Waals surface area contributed by atoms with Crippen molar-refractivity contribution in [2.45, 2.75) is 59.3 Å². The molecule has 0 aromatic carbocycles. The highest BCUT2D eigenvalue weighted by molar-refractivity contribution is 6.16. The van der Waals surface area contributed by atoms with Gasteiger partial charge in [0.15, 0.2) is 5.78 Å². The molecule has 0 atom stereocenters. The summed E-state index contributed by atoms with van der Waals surface area (Å²) in [6, 6.07) is 0. The lowest BCUT2D eigenvalue weighted by Crippen LogP contribution is -2.15. The van der Waals surface area contributed by atoms with E-state index in [1.807, 2.05) is 0 Å². The maximum absolute atomic E-state index is 11.6. The van der Waals surface area contributed by atoms with Gasteiger partial charge in [-0.15, -0.1) is 0 Å². The number of carbonyl (C=O) groups excluding carboxylic acids is 2. The number of allylic oxidation sites excluding steroid dienone is 1. The molecule has 0 aliphatic heterocycles. The number of esters is 1. The zero-order valence-electron chi connectivity index (χ0n) is 11.5. The maximum atomic E-state index is 11.6. The molecule has 0 heterocycles. The molecule has 17 heavy (non-hydrogen) atoms. The monoisotopic (exact) mass is 240 g/mol. The first-order chi connectivity index (χ1) is 8.08. The van der Waals surface area contributed by atoms with Crippen molar-refractivity contribution in [2.24, 2.45) is 0 Å². The van der Waals surface area contributed by atoms with Crippen molar-refractivity contribution in [1.29, 1.82) is 0 Å². The molecule has 0 saturated carbocycles. The molecule has 0 saturated heterocycles. The molecule has 0 amide bonds. The Hall–Kier alpha value is -1.12. The number of methoxy groups -OCH3 is 1. The Bertz CT molecular complexity index is 280. The first-order valence-corrected chi connectivity index (χ1v) is 6.39. The third kappa shape index (κ3) is 5.66. The van der Waals surface area contributed by atoms with Gasteiger partial charge >= 0.3 is 5.97 Å². The number of rotatable bonds is 8. The molecule has 0 radical (unpaired) electrons. The van der Waals surface area contributed by atoms with Crippen molar-refractivity contribution in [2.75, 3.05) is 7.11 Å². The van der Waals surface area contributed by atoms with Gasteiger partial charge in [0.2, 0.25) is 0 Å². The Morgan fingerprint density at radius 3 is 1.76 bits per heavy atom. The van der Waals surface area contributed by atoms with Crippen LogP contribution in [0.15, 0.2) is 11.1 Å². The Kier molecular flexibility index (Phi) is 8.38. The van der Waals surface area contributed by atoms with Crippen molar-refractivity contribution >= 4 is 11.8 Å². The van der Waals surface area contributed by atoms with Gasteiger partial charge in [-0.3, -0.25) is 4.79 Å². The third-order valence-electron chi connectivity index (χ3n) is 2.76. The van der Waals surface area contributed by atoms with Gasteiger partial charge in [0.25, 0.3) is 0 Å². The van der Waals surface area contributed by atoms with Crippen LogP contribution in [0.4, 0.5) is 0 Å². The summed E-state index contributed by atoms with van der Waals surface area (Å²) < 4.78 is 4.70. The average Bonchev–Trinajstić information content (AvgIpc) is 2.31. The van der Waals surface area contributed by atoms with Gasteiger partial charge in [-0.2, -0.15) is 0 Å². The molecule has 0 aromatic rings. The number of hydrogen-bond donors (Lipinski definition) is 0. The van der Waals surface area contributed by atoms with E-state index in [2.05, 4.69) is 13.8 Å². The van der Waals surface area contributed by atoms with E-state index in [1.54, 1.807) is 0 Å². The summed E-state index contributed by atoms with van der Waals surface area (Å²) in [7, 11) is 1.32. The van der Waals surface area contributed by atoms with Crippen LogP contribution in [0.25, 0.3) is 0 Å². The largest absolute Gasteiger partial charge is 0.465 e. The summed E-state index contributed by atoms with van der Waals surface area (Å²) in [6.07, 6.45) is 5.77. The lowest BCUT2D eigenvalue weighted by atomic mass is 9.95. The molecular formula is C14H24O3. The van der Waals surface area contributed by atoms with Crippen LogP contribution in [0.3, 0.4) is 0 Å². The fraction of sp³-hybridized carbons (Fsp3) is 0.714. The van der Waals surface area contributed by atoms with Crippen LogP contribution < -0.4 is 0 Å². The third-order valence-corrected chi connectivity index (χ3v) is 2.76. The van der Waals surface area contributed by atoms with Crippen LogP contribution in [0.5, 0.6) is 0 Å². The number of unbranched alkanes of at least 4 members (excludes halogenated alkanes) is 2. The van der Waals surface area contributed by atoms with Crippen LogP contribution in [0, 0.1) is 0 Å². The van der Waals surface area contributed by atoms with Gasteiger partial charge in [-0.1, -0.05) is 32.3 Å². The van der Waals surface area contributed by atoms with E-state index >= 15 is 0 Å². The Labute approximate surface area is 104 Å². The lowest BCUT2D eigenvalue weighted by Gasteiger charge is -2.11. The van der Waals surface area contributed by atoms with Gasteiger partial charge in [0, 0.05) is 0 Å². The quantitative estimate of drug-likeness (QED) is 0.282. The highest BCUT2D eigenvalue weighted by atomic mass is 16.5. The molecule has 0 aromatic heterocycles. The van der Waals surface area contributed by atoms with Crippen LogP contribution in [-0.4, -0.2) is 18.9 Å². The average molecular weight is 240 g/mol. The lowest BCUT2D eigenvalue weighted by molar-refractivity contribution is -0.137. The normalized spacial score (nSPS) is 9.88. The zero-order valence-corrected chi connectivity index (χ0v) is 11.5. The number of Topliss-reactive ketones (excluding diaryl/α,β-unsaturated/α-hetero) is 1. The topological polar surface area (TPSA) is 43.4 Å². The smallest absolute Gasteiger partial charge is 0.341 e. The Morgan fingerprint density at radius 2 is 1.47 bits per heavy atom. The van der Waals surface area contributed by atoms with Crippen molar-refractivity contribution in [1.82, 2.24) is 0 Å². The number of carbonyl (C=O) groups is 2. The predicted molar refractivity (Wildman–Crippen MR) is 68.8 cm³/mol. The molecule has 98 valence electrons. The molecule has 0 fully saturated rings. The van der Waals surface area contributed by atoms with Crippen LogP contribution in [-0.2, 0) is 14.3 Å². The standard InChI is InChI=1S/C14H24O3/c1-5-7-9-12(10-8-6-2)13(11(3)15)14(16)17-4/h5-10H2,1-4H3. The minimum Gasteiger partial charge on any atom is -0.465 e. The van der Waals surface area contributed by atoms with Crippen molar-refractivity contribution < 1.29 is 14.3 Å². The molecule has 0 N–H and O–H groups in total. The fourth-order valence-electron chi connectivity index (χ4n) is 1.79. The molecule has 0 aliphatic carbocycles. The first-order valence-electron chi connectivity index (χ1n) is 6.39. The minimum atomic E-state index is -0.486. The predicted octanol–water partition coefficient (Wildman–Crippen LogP) is 3.43. The number of ether oxygens (including phenoxy) is 1. The zero-order chi connectivity index (χ0) is 13.3. The second-order valence-corrected chi connectivity index (χ2v) is 4.23. The minimum absolute atomic E-state index is 0.181. The molecule has 0 aliphatic rings. The van der Waals surface area contributed by atoms with Crippen LogP contribution >= 0.6 is 0 Å². The van der Waals surface area contributed by atoms with Gasteiger partial charge in [0.05, 0.1) is 7.11 Å². The summed E-state index contributed by atoms with van der Waals surface area (Å²) in [5.41, 5.74) is 1.24. The van der Waals surface area contributed by atoms with Gasteiger partial charge in [-0.05, 0) is 32.6 Å². The summed E-state index contributed by atoms with van der Waals surface area (Å²) in [5, 5.41) is 0. The van der Waals surface area contributed by atoms with Crippen molar-refractivity contribution in [3.05, 3.63) is 11.1 Å². The second kappa shape index (κ2) is 8.97. The van der Waals surface area contributed by atoms with Crippen LogP contribution in [0.2, 0.25) is 0 Å². The summed E-state index contributed by atoms with van der Waals surface area (Å²) >= 11 is 0.